The summed E-state index contributed by atoms with van der Waals surface area (Å²) in [5, 5.41) is 2.72. The molecule has 1 saturated heterocycles. The maximum atomic E-state index is 12.9. The molecule has 1 saturated carbocycles. The van der Waals surface area contributed by atoms with E-state index in [1.807, 2.05) is 17.5 Å². The van der Waals surface area contributed by atoms with Crippen molar-refractivity contribution in [3.8, 4) is 5.75 Å². The lowest BCUT2D eigenvalue weighted by Gasteiger charge is -2.12. The highest BCUT2D eigenvalue weighted by atomic mass is 19.3. The third kappa shape index (κ3) is 3.28. The molecular formula is C21H20F2N4O3. The second-order valence-electron chi connectivity index (χ2n) is 7.51. The van der Waals surface area contributed by atoms with E-state index in [1.54, 1.807) is 12.3 Å². The van der Waals surface area contributed by atoms with E-state index >= 15 is 0 Å². The van der Waals surface area contributed by atoms with Crippen LogP contribution in [0.1, 0.15) is 41.1 Å². The summed E-state index contributed by atoms with van der Waals surface area (Å²) >= 11 is 0. The lowest BCUT2D eigenvalue weighted by molar-refractivity contribution is 0.101. The summed E-state index contributed by atoms with van der Waals surface area (Å²) in [6.45, 7) is 3.79. The number of amides is 1. The maximum absolute atomic E-state index is 12.9. The highest BCUT2D eigenvalue weighted by molar-refractivity contribution is 6.03. The Morgan fingerprint density at radius 3 is 2.83 bits per heavy atom. The van der Waals surface area contributed by atoms with Gasteiger partial charge in [-0.15, -0.1) is 0 Å². The standard InChI is InChI=1S/C21H20F2N4O3/c1-2-30-17-6-18-25-16(19-11-9-29-10-12(11)19)8-27(18)7-15(17)26-21(28)14-5-3-4-13(24-14)20(22)23/h3-8,11-12,19-20H,2,9-10H2,1H3,(H,26,28)/t11-,12+,19-. The molecule has 156 valence electrons. The number of imidazole rings is 1. The first-order valence-corrected chi connectivity index (χ1v) is 9.84. The van der Waals surface area contributed by atoms with Crippen molar-refractivity contribution < 1.29 is 23.0 Å². The lowest BCUT2D eigenvalue weighted by Crippen LogP contribution is -2.16. The Morgan fingerprint density at radius 2 is 2.10 bits per heavy atom. The SMILES string of the molecule is CCOc1cc2nc([C@@H]3[C@@H]4COC[C@@H]43)cn2cc1NC(=O)c1cccc(C(F)F)n1. The van der Waals surface area contributed by atoms with E-state index in [4.69, 9.17) is 14.5 Å². The van der Waals surface area contributed by atoms with Gasteiger partial charge in [-0.25, -0.2) is 18.7 Å². The minimum absolute atomic E-state index is 0.0903. The Morgan fingerprint density at radius 1 is 1.30 bits per heavy atom. The summed E-state index contributed by atoms with van der Waals surface area (Å²) in [7, 11) is 0. The van der Waals surface area contributed by atoms with Crippen molar-refractivity contribution in [3.63, 3.8) is 0 Å². The zero-order chi connectivity index (χ0) is 20.8. The smallest absolute Gasteiger partial charge is 0.280 e. The zero-order valence-electron chi connectivity index (χ0n) is 16.2. The molecule has 7 nitrogen and oxygen atoms in total. The van der Waals surface area contributed by atoms with Crippen LogP contribution in [0.5, 0.6) is 5.75 Å². The third-order valence-corrected chi connectivity index (χ3v) is 5.64. The van der Waals surface area contributed by atoms with Crippen LogP contribution in [0.15, 0.2) is 36.7 Å². The summed E-state index contributed by atoms with van der Waals surface area (Å²) in [4.78, 5) is 21.1. The molecule has 5 rings (SSSR count). The van der Waals surface area contributed by atoms with Crippen molar-refractivity contribution in [1.29, 1.82) is 0 Å². The first-order chi connectivity index (χ1) is 14.5. The van der Waals surface area contributed by atoms with E-state index in [0.29, 0.717) is 35.8 Å². The second-order valence-corrected chi connectivity index (χ2v) is 7.51. The maximum Gasteiger partial charge on any atom is 0.280 e. The normalized spacial score (nSPS) is 22.3. The van der Waals surface area contributed by atoms with E-state index in [0.717, 1.165) is 24.6 Å². The predicted molar refractivity (Wildman–Crippen MR) is 104 cm³/mol. The molecule has 0 aromatic carbocycles. The van der Waals surface area contributed by atoms with Gasteiger partial charge < -0.3 is 19.2 Å². The highest BCUT2D eigenvalue weighted by Crippen LogP contribution is 2.57. The van der Waals surface area contributed by atoms with Crippen molar-refractivity contribution in [2.75, 3.05) is 25.1 Å². The van der Waals surface area contributed by atoms with Crippen molar-refractivity contribution in [3.05, 3.63) is 53.7 Å². The minimum Gasteiger partial charge on any atom is -0.491 e. The molecule has 3 aromatic heterocycles. The average Bonchev–Trinajstić information content (AvgIpc) is 3.06. The van der Waals surface area contributed by atoms with Crippen molar-refractivity contribution in [1.82, 2.24) is 14.4 Å². The molecule has 30 heavy (non-hydrogen) atoms. The van der Waals surface area contributed by atoms with E-state index in [-0.39, 0.29) is 5.69 Å². The number of nitrogens with one attached hydrogen (secondary N) is 1. The van der Waals surface area contributed by atoms with E-state index in [9.17, 15) is 13.6 Å². The summed E-state index contributed by atoms with van der Waals surface area (Å²) in [5.74, 6) is 1.35. The molecule has 1 amide bonds. The minimum atomic E-state index is -2.75. The number of ether oxygens (including phenoxy) is 2. The fraction of sp³-hybridized carbons (Fsp3) is 0.381. The summed E-state index contributed by atoms with van der Waals surface area (Å²) < 4.78 is 38.8. The van der Waals surface area contributed by atoms with Crippen LogP contribution < -0.4 is 10.1 Å². The molecule has 0 spiro atoms. The van der Waals surface area contributed by atoms with Crippen molar-refractivity contribution >= 4 is 17.2 Å². The summed E-state index contributed by atoms with van der Waals surface area (Å²) in [6.07, 6.45) is 0.935. The van der Waals surface area contributed by atoms with Gasteiger partial charge in [0.15, 0.2) is 0 Å². The second kappa shape index (κ2) is 7.32. The van der Waals surface area contributed by atoms with Crippen LogP contribution in [0.2, 0.25) is 0 Å². The van der Waals surface area contributed by atoms with Gasteiger partial charge >= 0.3 is 0 Å². The number of carbonyl (C=O) groups is 1. The Hall–Kier alpha value is -3.07. The van der Waals surface area contributed by atoms with Gasteiger partial charge in [-0.2, -0.15) is 0 Å². The fourth-order valence-corrected chi connectivity index (χ4v) is 4.13. The quantitative estimate of drug-likeness (QED) is 0.666. The molecule has 3 aromatic rings. The molecule has 2 aliphatic rings. The number of hydrogen-bond acceptors (Lipinski definition) is 5. The topological polar surface area (TPSA) is 77.8 Å². The first kappa shape index (κ1) is 18.9. The number of nitrogens with zero attached hydrogens (tertiary/aromatic N) is 3. The monoisotopic (exact) mass is 414 g/mol. The lowest BCUT2D eigenvalue weighted by atomic mass is 10.2. The van der Waals surface area contributed by atoms with Gasteiger partial charge in [-0.3, -0.25) is 4.79 Å². The highest BCUT2D eigenvalue weighted by Gasteiger charge is 2.55. The largest absolute Gasteiger partial charge is 0.491 e. The molecule has 0 radical (unpaired) electrons. The molecule has 3 atom stereocenters. The van der Waals surface area contributed by atoms with Gasteiger partial charge in [0, 0.05) is 24.4 Å². The van der Waals surface area contributed by atoms with Gasteiger partial charge in [0.2, 0.25) is 0 Å². The van der Waals surface area contributed by atoms with Gasteiger partial charge in [-0.1, -0.05) is 6.07 Å². The van der Waals surface area contributed by atoms with Crippen LogP contribution in [0, 0.1) is 11.8 Å². The Balaban J connectivity index is 1.44. The van der Waals surface area contributed by atoms with Gasteiger partial charge in [0.1, 0.15) is 28.5 Å². The van der Waals surface area contributed by atoms with Crippen LogP contribution in [-0.4, -0.2) is 40.1 Å². The van der Waals surface area contributed by atoms with E-state index in [1.165, 1.54) is 18.2 Å². The van der Waals surface area contributed by atoms with E-state index in [2.05, 4.69) is 10.3 Å². The van der Waals surface area contributed by atoms with Crippen molar-refractivity contribution in [2.24, 2.45) is 11.8 Å². The van der Waals surface area contributed by atoms with Crippen LogP contribution in [0.4, 0.5) is 14.5 Å². The number of anilines is 1. The number of carbonyl (C=O) groups excluding carboxylic acids is 1. The molecule has 1 aliphatic heterocycles. The molecule has 1 aliphatic carbocycles. The number of hydrogen-bond donors (Lipinski definition) is 1. The predicted octanol–water partition coefficient (Wildman–Crippen LogP) is 3.68. The van der Waals surface area contributed by atoms with Crippen LogP contribution in [0.25, 0.3) is 5.65 Å². The number of rotatable bonds is 6. The molecule has 2 fully saturated rings. The average molecular weight is 414 g/mol. The molecule has 0 unspecified atom stereocenters. The summed E-state index contributed by atoms with van der Waals surface area (Å²) in [5.41, 5.74) is 1.61. The van der Waals surface area contributed by atoms with Crippen molar-refractivity contribution in [2.45, 2.75) is 19.3 Å². The number of alkyl halides is 2. The molecular weight excluding hydrogens is 394 g/mol. The Bertz CT molecular complexity index is 1110. The fourth-order valence-electron chi connectivity index (χ4n) is 4.13. The summed E-state index contributed by atoms with van der Waals surface area (Å²) in [6, 6.07) is 5.72. The van der Waals surface area contributed by atoms with Crippen LogP contribution in [0.3, 0.4) is 0 Å². The number of pyridine rings is 2. The van der Waals surface area contributed by atoms with E-state index < -0.39 is 18.0 Å². The Kier molecular flexibility index (Phi) is 4.62. The van der Waals surface area contributed by atoms with Crippen LogP contribution >= 0.6 is 0 Å². The first-order valence-electron chi connectivity index (χ1n) is 9.84. The third-order valence-electron chi connectivity index (χ3n) is 5.64. The molecule has 0 bridgehead atoms. The number of halogens is 2. The Labute approximate surface area is 171 Å². The number of aromatic nitrogens is 3. The van der Waals surface area contributed by atoms with Gasteiger partial charge in [0.05, 0.1) is 25.5 Å². The van der Waals surface area contributed by atoms with Gasteiger partial charge in [0.25, 0.3) is 12.3 Å². The molecule has 1 N–H and O–H groups in total. The zero-order valence-corrected chi connectivity index (χ0v) is 16.2. The number of fused-ring (bicyclic) bond motifs is 2. The molecule has 4 heterocycles. The van der Waals surface area contributed by atoms with Gasteiger partial charge in [-0.05, 0) is 30.9 Å². The molecule has 9 heteroatoms. The van der Waals surface area contributed by atoms with Crippen LogP contribution in [-0.2, 0) is 4.74 Å².